The molecular formula is C48H59N3O9. The maximum Gasteiger partial charge on any atom is 0.306 e. The molecule has 9 saturated carbocycles. The van der Waals surface area contributed by atoms with Gasteiger partial charge in [-0.3, -0.25) is 24.0 Å². The number of carbonyl (C=O) groups is 5. The Kier molecular flexibility index (Phi) is 7.65. The first kappa shape index (κ1) is 39.3. The highest BCUT2D eigenvalue weighted by Gasteiger charge is 2.80. The Bertz CT molecular complexity index is 2210. The van der Waals surface area contributed by atoms with E-state index in [2.05, 4.69) is 39.8 Å². The molecule has 2 saturated heterocycles. The number of allylic oxidation sites excluding steroid dienone is 2. The molecule has 12 nitrogen and oxygen atoms in total. The summed E-state index contributed by atoms with van der Waals surface area (Å²) in [5.41, 5.74) is 3.28. The number of aliphatic hydroxyl groups is 2. The number of hydrogen-bond acceptors (Lipinski definition) is 12. The smallest absolute Gasteiger partial charge is 0.306 e. The molecule has 0 aromatic rings. The molecule has 17 unspecified atom stereocenters. The van der Waals surface area contributed by atoms with Crippen molar-refractivity contribution in [2.75, 3.05) is 0 Å². The molecule has 12 aliphatic rings. The van der Waals surface area contributed by atoms with Crippen LogP contribution in [0, 0.1) is 108 Å². The van der Waals surface area contributed by atoms with Gasteiger partial charge in [0.25, 0.3) is 0 Å². The number of aliphatic hydroxyl groups excluding tert-OH is 2. The van der Waals surface area contributed by atoms with Crippen molar-refractivity contribution in [3.8, 4) is 12.1 Å². The Labute approximate surface area is 351 Å². The first-order valence-electron chi connectivity index (χ1n) is 23.0. The number of rotatable bonds is 0. The van der Waals surface area contributed by atoms with Crippen LogP contribution in [-0.4, -0.2) is 62.9 Å². The summed E-state index contributed by atoms with van der Waals surface area (Å²) in [5, 5.41) is 43.9. The Morgan fingerprint density at radius 2 is 1.17 bits per heavy atom. The van der Waals surface area contributed by atoms with Crippen LogP contribution in [0.15, 0.2) is 11.3 Å². The zero-order chi connectivity index (χ0) is 42.5. The maximum atomic E-state index is 13.6. The molecule has 4 bridgehead atoms. The van der Waals surface area contributed by atoms with Gasteiger partial charge in [-0.05, 0) is 123 Å². The Hall–Kier alpha value is -3.61. The molecule has 12 heteroatoms. The van der Waals surface area contributed by atoms with Gasteiger partial charge >= 0.3 is 11.9 Å². The lowest BCUT2D eigenvalue weighted by Crippen LogP contribution is -2.65. The van der Waals surface area contributed by atoms with Gasteiger partial charge in [0.1, 0.15) is 22.8 Å². The Morgan fingerprint density at radius 3 is 1.68 bits per heavy atom. The maximum absolute atomic E-state index is 13.6. The quantitative estimate of drug-likeness (QED) is 0.213. The summed E-state index contributed by atoms with van der Waals surface area (Å²) in [6.07, 6.45) is 8.53. The van der Waals surface area contributed by atoms with Crippen LogP contribution in [0.4, 0.5) is 0 Å². The van der Waals surface area contributed by atoms with Gasteiger partial charge in [0.2, 0.25) is 0 Å². The first-order chi connectivity index (χ1) is 28.3. The summed E-state index contributed by atoms with van der Waals surface area (Å²) >= 11 is 0. The van der Waals surface area contributed by atoms with Crippen molar-refractivity contribution >= 4 is 29.3 Å². The van der Waals surface area contributed by atoms with Crippen LogP contribution in [0.3, 0.4) is 0 Å². The summed E-state index contributed by atoms with van der Waals surface area (Å²) in [4.78, 5) is 63.5. The molecular weight excluding hydrogens is 763 g/mol. The summed E-state index contributed by atoms with van der Waals surface area (Å²) < 4.78 is 11.9. The van der Waals surface area contributed by atoms with Crippen LogP contribution in [0.25, 0.3) is 0 Å². The molecule has 11 fully saturated rings. The SMILES string of the molecule is CC12CCC(=O)C3=C(N)C(CC31C#N)C1C2C(O)CC2(C)C1CC[C@@]21CCC(=O)O1.CC12CCC(=O)C3C(=O)C(CC31C#N)C1C2C(O)CC2(C)C1CC[C@@]21CCC(=O)O1. The zero-order valence-corrected chi connectivity index (χ0v) is 35.4. The number of ether oxygens (including phenoxy) is 2. The molecule has 0 aromatic heterocycles. The standard InChI is InChI=1S/C24H30N2O4.C24H29NO5/c1-21-6-4-14(27)19-20(26)12(9-23(19,21)11-25)17-13-3-7-24(8-5-16(29)30-24)22(13,2)10-15(28)18(17)21;1-21-6-4-14(26)19-20(29)12(9-23(19,21)11-25)17-13-3-7-24(8-5-16(28)30-24)22(13,2)10-15(27)18(17)21/h12-13,15,17-18,28H,3-10,26H2,1-2H3;12-13,15,17-19,27H,3-10H2,1-2H3/t12?,13?,15?,17?,18?,21?,22?,23?,24-;12?,13?,15?,17?,18?,19?,21?,22?,23?,24-/m11/s1. The molecule has 0 aromatic carbocycles. The van der Waals surface area contributed by atoms with Crippen molar-refractivity contribution in [3.63, 3.8) is 0 Å². The average molecular weight is 822 g/mol. The highest BCUT2D eigenvalue weighted by molar-refractivity contribution is 6.08. The third-order valence-electron chi connectivity index (χ3n) is 21.8. The molecule has 60 heavy (non-hydrogen) atoms. The molecule has 19 atom stereocenters. The van der Waals surface area contributed by atoms with Crippen LogP contribution in [0.1, 0.15) is 130 Å². The number of ketones is 3. The fourth-order valence-electron chi connectivity index (χ4n) is 19.3. The van der Waals surface area contributed by atoms with Crippen molar-refractivity contribution in [2.24, 2.45) is 91.5 Å². The second kappa shape index (κ2) is 11.7. The molecule has 2 spiro atoms. The van der Waals surface area contributed by atoms with Crippen LogP contribution in [-0.2, 0) is 33.4 Å². The monoisotopic (exact) mass is 821 g/mol. The van der Waals surface area contributed by atoms with Gasteiger partial charge in [-0.1, -0.05) is 27.7 Å². The van der Waals surface area contributed by atoms with Gasteiger partial charge in [0.05, 0.1) is 41.1 Å². The minimum atomic E-state index is -0.976. The van der Waals surface area contributed by atoms with Crippen molar-refractivity contribution in [1.82, 2.24) is 0 Å². The second-order valence-electron chi connectivity index (χ2n) is 22.9. The summed E-state index contributed by atoms with van der Waals surface area (Å²) in [5.74, 6) is -1.35. The topological polar surface area (TPSA) is 218 Å². The van der Waals surface area contributed by atoms with Crippen LogP contribution in [0.5, 0.6) is 0 Å². The lowest BCUT2D eigenvalue weighted by molar-refractivity contribution is -0.213. The fraction of sp³-hybridized carbons (Fsp3) is 0.812. The molecule has 0 radical (unpaired) electrons. The van der Waals surface area contributed by atoms with Crippen molar-refractivity contribution < 1.29 is 43.7 Å². The molecule has 4 N–H and O–H groups in total. The normalized spacial score (nSPS) is 57.2. The number of esters is 2. The van der Waals surface area contributed by atoms with E-state index < -0.39 is 51.0 Å². The summed E-state index contributed by atoms with van der Waals surface area (Å²) in [6, 6.07) is 5.02. The van der Waals surface area contributed by atoms with Crippen LogP contribution >= 0.6 is 0 Å². The highest BCUT2D eigenvalue weighted by atomic mass is 16.6. The van der Waals surface area contributed by atoms with Gasteiger partial charge in [-0.15, -0.1) is 0 Å². The van der Waals surface area contributed by atoms with Crippen molar-refractivity contribution in [3.05, 3.63) is 11.3 Å². The van der Waals surface area contributed by atoms with E-state index in [4.69, 9.17) is 15.2 Å². The molecule has 10 aliphatic carbocycles. The van der Waals surface area contributed by atoms with Gasteiger partial charge in [-0.2, -0.15) is 10.5 Å². The average Bonchev–Trinajstić information content (AvgIpc) is 4.03. The van der Waals surface area contributed by atoms with Gasteiger partial charge in [0, 0.05) is 59.6 Å². The van der Waals surface area contributed by atoms with Gasteiger partial charge in [0.15, 0.2) is 5.78 Å². The van der Waals surface area contributed by atoms with E-state index in [1.54, 1.807) is 0 Å². The number of fused-ring (bicyclic) bond motifs is 14. The molecule has 0 amide bonds. The van der Waals surface area contributed by atoms with E-state index in [-0.39, 0.29) is 87.5 Å². The first-order valence-corrected chi connectivity index (χ1v) is 23.0. The Balaban J connectivity index is 0.000000136. The highest BCUT2D eigenvalue weighted by Crippen LogP contribution is 2.79. The number of hydrogen-bond donors (Lipinski definition) is 3. The summed E-state index contributed by atoms with van der Waals surface area (Å²) in [6.45, 7) is 8.54. The fourth-order valence-corrected chi connectivity index (χ4v) is 19.3. The number of nitrogens with zero attached hydrogens (tertiary/aromatic N) is 2. The number of nitriles is 2. The number of nitrogens with two attached hydrogens (primary N) is 1. The van der Waals surface area contributed by atoms with E-state index >= 15 is 0 Å². The molecule has 2 aliphatic heterocycles. The molecule has 320 valence electrons. The largest absolute Gasteiger partial charge is 0.458 e. The second-order valence-corrected chi connectivity index (χ2v) is 22.9. The van der Waals surface area contributed by atoms with Crippen molar-refractivity contribution in [1.29, 1.82) is 10.5 Å². The molecule has 2 heterocycles. The molecule has 12 rings (SSSR count). The third-order valence-corrected chi connectivity index (χ3v) is 21.8. The zero-order valence-electron chi connectivity index (χ0n) is 35.4. The van der Waals surface area contributed by atoms with E-state index in [1.807, 2.05) is 0 Å². The van der Waals surface area contributed by atoms with E-state index in [1.165, 1.54) is 0 Å². The van der Waals surface area contributed by atoms with Crippen LogP contribution in [0.2, 0.25) is 0 Å². The summed E-state index contributed by atoms with van der Waals surface area (Å²) in [7, 11) is 0. The van der Waals surface area contributed by atoms with E-state index in [0.717, 1.165) is 32.1 Å². The predicted octanol–water partition coefficient (Wildman–Crippen LogP) is 5.17. The van der Waals surface area contributed by atoms with Gasteiger partial charge in [-0.25, -0.2) is 0 Å². The number of carbonyl (C=O) groups excluding carboxylic acids is 5. The lowest BCUT2D eigenvalue weighted by Gasteiger charge is -2.64. The van der Waals surface area contributed by atoms with E-state index in [9.17, 15) is 44.7 Å². The Morgan fingerprint density at radius 1 is 0.633 bits per heavy atom. The minimum absolute atomic E-state index is 0.0255. The third kappa shape index (κ3) is 4.02. The van der Waals surface area contributed by atoms with Crippen LogP contribution < -0.4 is 5.73 Å². The minimum Gasteiger partial charge on any atom is -0.458 e. The predicted molar refractivity (Wildman–Crippen MR) is 210 cm³/mol. The van der Waals surface area contributed by atoms with E-state index in [0.29, 0.717) is 81.9 Å². The van der Waals surface area contributed by atoms with Crippen molar-refractivity contribution in [2.45, 2.75) is 154 Å². The lowest BCUT2D eigenvalue weighted by atomic mass is 9.39. The van der Waals surface area contributed by atoms with Gasteiger partial charge < -0.3 is 25.4 Å². The number of Topliss-reactive ketones (excluding diaryl/α,β-unsaturated/α-hetero) is 3.